The van der Waals surface area contributed by atoms with Crippen molar-refractivity contribution in [3.05, 3.63) is 237 Å². The third kappa shape index (κ3) is 28.0. The van der Waals surface area contributed by atoms with Gasteiger partial charge in [-0.15, -0.1) is 0 Å². The van der Waals surface area contributed by atoms with Gasteiger partial charge in [0, 0.05) is 33.3 Å². The number of nitrogens with two attached hydrogens (primary N) is 1. The zero-order valence-corrected chi connectivity index (χ0v) is 80.2. The largest absolute Gasteiger partial charge is 0.495 e. The molecule has 36 heteroatoms. The van der Waals surface area contributed by atoms with Crippen molar-refractivity contribution in [2.75, 3.05) is 173 Å². The number of nitrogens with one attached hydrogen (secondary N) is 9. The fraction of sp³-hybridized carbons (Fsp3) is 0.281. The smallest absolute Gasteiger partial charge is 0.229 e. The molecule has 12 aromatic rings. The summed E-state index contributed by atoms with van der Waals surface area (Å²) in [6.45, 7) is 20.4. The highest BCUT2D eigenvalue weighted by molar-refractivity contribution is 7.71. The average molecular weight is 1850 g/mol. The van der Waals surface area contributed by atoms with Crippen molar-refractivity contribution < 1.29 is 37.2 Å². The van der Waals surface area contributed by atoms with E-state index in [2.05, 4.69) is 117 Å². The van der Waals surface area contributed by atoms with Crippen molar-refractivity contribution >= 4 is 189 Å². The second-order valence-electron chi connectivity index (χ2n) is 31.1. The molecule has 125 heavy (non-hydrogen) atoms. The SMILES string of the molecule is CNCCc1ccc(Nc2ncc(Cl)c(Nc3ccccc3P(C)(C)=O)n2)c(OC)c1.COc1cc(C(C)(C)N(C)C)ccc1Nc1ncc(Cl)c(Nc2ccccc2P(C)(C)=O)n1.COc1cc(CCN)ccc1Nc1ncc(Cl)c(Nc2ccccc2P(C)(C)=O)n1.COc1cc(CN(C)C)ccc1Nc1ncc(Cl)c(Nc2ccccc2P(C)(C)=O)n1. The van der Waals surface area contributed by atoms with E-state index in [1.165, 1.54) is 24.8 Å². The standard InChI is InChI=1S/C24H31ClN5O2P.2C22H27ClN5O2P.C21H25ClN5O2P/c1-24(2,30(3)4)16-12-13-18(20(14-16)32-5)28-23-26-15-17(25)22(29-23)27-19-10-8-9-11-21(19)33(6,7)31;1-28(2)14-15-10-11-17(19(12-15)30-3)26-22-24-13-16(23)21(27-22)25-18-8-6-7-9-20(18)31(4,5)29;1-24-12-11-15-9-10-17(19(13-15)30-2)27-22-25-14-16(23)21(28-22)26-18-7-5-6-8-20(18)31(3,4)29;1-29-18-12-14(10-11-23)8-9-16(18)26-21-24-13-15(22)20(27-21)25-17-6-4-5-7-19(17)30(2,3)28/h8-15H,1-7H3,(H2,26,27,28,29);6-13H,14H2,1-5H3,(H2,24,25,26,27);5-10,13-14,24H,11-12H2,1-4H3,(H2,25,26,27,28);4-9,12-13H,10-11,23H2,1-3H3,(H2,24,25,26,27). The van der Waals surface area contributed by atoms with Crippen molar-refractivity contribution in [2.45, 2.75) is 38.8 Å². The topological polar surface area (TPSA) is 349 Å². The quantitative estimate of drug-likeness (QED) is 0.0171. The van der Waals surface area contributed by atoms with Crippen LogP contribution in [0.3, 0.4) is 0 Å². The summed E-state index contributed by atoms with van der Waals surface area (Å²) in [5.41, 5.74) is 15.7. The molecule has 12 rings (SSSR count). The number of ether oxygens (including phenoxy) is 4. The van der Waals surface area contributed by atoms with E-state index in [0.717, 1.165) is 92.2 Å². The molecule has 0 bridgehead atoms. The number of nitrogens with zero attached hydrogens (tertiary/aromatic N) is 10. The predicted octanol–water partition coefficient (Wildman–Crippen LogP) is 19.6. The molecule has 0 aliphatic carbocycles. The Bertz CT molecular complexity index is 5920. The monoisotopic (exact) mass is 1850 g/mol. The lowest BCUT2D eigenvalue weighted by molar-refractivity contribution is 0.197. The van der Waals surface area contributed by atoms with E-state index in [1.54, 1.807) is 81.8 Å². The summed E-state index contributed by atoms with van der Waals surface area (Å²) in [4.78, 5) is 39.4. The molecule has 28 nitrogen and oxygen atoms in total. The van der Waals surface area contributed by atoms with Gasteiger partial charge in [-0.05, 0) is 248 Å². The van der Waals surface area contributed by atoms with Crippen LogP contribution in [0.15, 0.2) is 195 Å². The first-order valence-electron chi connectivity index (χ1n) is 39.4. The second-order valence-corrected chi connectivity index (χ2v) is 45.5. The van der Waals surface area contributed by atoms with Gasteiger partial charge in [0.1, 0.15) is 71.7 Å². The van der Waals surface area contributed by atoms with Gasteiger partial charge in [0.15, 0.2) is 23.3 Å². The summed E-state index contributed by atoms with van der Waals surface area (Å²) in [6, 6.07) is 53.4. The Morgan fingerprint density at radius 3 is 0.912 bits per heavy atom. The van der Waals surface area contributed by atoms with E-state index < -0.39 is 28.6 Å². The first-order chi connectivity index (χ1) is 59.2. The van der Waals surface area contributed by atoms with Gasteiger partial charge in [-0.3, -0.25) is 0 Å². The number of hydrogen-bond donors (Lipinski definition) is 10. The predicted molar refractivity (Wildman–Crippen MR) is 523 cm³/mol. The molecule has 0 saturated carbocycles. The summed E-state index contributed by atoms with van der Waals surface area (Å²) in [5.74, 6) is 5.83. The van der Waals surface area contributed by atoms with E-state index in [4.69, 9.17) is 71.1 Å². The van der Waals surface area contributed by atoms with Crippen LogP contribution in [0.5, 0.6) is 23.0 Å². The molecule has 0 fully saturated rings. The summed E-state index contributed by atoms with van der Waals surface area (Å²) in [7, 11) is 6.59. The molecule has 4 heterocycles. The molecule has 0 saturated heterocycles. The average Bonchev–Trinajstić information content (AvgIpc) is 0.816. The van der Waals surface area contributed by atoms with Crippen molar-refractivity contribution in [1.82, 2.24) is 55.0 Å². The van der Waals surface area contributed by atoms with Gasteiger partial charge in [-0.1, -0.05) is 119 Å². The minimum absolute atomic E-state index is 0.162. The van der Waals surface area contributed by atoms with Crippen LogP contribution < -0.4 is 93.8 Å². The van der Waals surface area contributed by atoms with Crippen molar-refractivity contribution in [3.8, 4) is 23.0 Å². The highest BCUT2D eigenvalue weighted by Crippen LogP contribution is 2.44. The second kappa shape index (κ2) is 44.7. The fourth-order valence-electron chi connectivity index (χ4n) is 12.4. The molecule has 8 aromatic carbocycles. The lowest BCUT2D eigenvalue weighted by Crippen LogP contribution is -2.35. The van der Waals surface area contributed by atoms with E-state index in [-0.39, 0.29) is 5.54 Å². The first kappa shape index (κ1) is 98.4. The molecule has 662 valence electrons. The Morgan fingerprint density at radius 1 is 0.368 bits per heavy atom. The number of halogens is 4. The van der Waals surface area contributed by atoms with Crippen molar-refractivity contribution in [2.24, 2.45) is 5.73 Å². The molecule has 4 aromatic heterocycles. The number of methoxy groups -OCH3 is 4. The Kier molecular flexibility index (Phi) is 35.1. The van der Waals surface area contributed by atoms with Gasteiger partial charge in [-0.2, -0.15) is 19.9 Å². The Morgan fingerprint density at radius 2 is 0.640 bits per heavy atom. The van der Waals surface area contributed by atoms with E-state index in [1.807, 2.05) is 199 Å². The van der Waals surface area contributed by atoms with Crippen LogP contribution in [0, 0.1) is 0 Å². The van der Waals surface area contributed by atoms with Gasteiger partial charge in [0.25, 0.3) is 0 Å². The fourth-order valence-corrected chi connectivity index (χ4v) is 17.6. The molecular weight excluding hydrogens is 1740 g/mol. The zero-order chi connectivity index (χ0) is 91.1. The normalized spacial score (nSPS) is 11.5. The van der Waals surface area contributed by atoms with E-state index in [9.17, 15) is 18.3 Å². The van der Waals surface area contributed by atoms with Gasteiger partial charge >= 0.3 is 0 Å². The minimum atomic E-state index is -2.50. The number of benzene rings is 8. The zero-order valence-electron chi connectivity index (χ0n) is 73.6. The van der Waals surface area contributed by atoms with Gasteiger partial charge in [0.05, 0.1) is 98.7 Å². The molecule has 0 amide bonds. The molecule has 0 spiro atoms. The van der Waals surface area contributed by atoms with Crippen LogP contribution in [0.4, 0.5) is 92.6 Å². The van der Waals surface area contributed by atoms with E-state index in [0.29, 0.717) is 119 Å². The van der Waals surface area contributed by atoms with Crippen LogP contribution in [0.25, 0.3) is 0 Å². The van der Waals surface area contributed by atoms with Gasteiger partial charge < -0.3 is 101 Å². The number of hydrogen-bond acceptors (Lipinski definition) is 28. The minimum Gasteiger partial charge on any atom is -0.495 e. The first-order valence-corrected chi connectivity index (χ1v) is 51.4. The number of aromatic nitrogens is 8. The van der Waals surface area contributed by atoms with E-state index >= 15 is 0 Å². The number of para-hydroxylation sites is 4. The van der Waals surface area contributed by atoms with Gasteiger partial charge in [0.2, 0.25) is 23.8 Å². The Hall–Kier alpha value is -10.4. The lowest BCUT2D eigenvalue weighted by Gasteiger charge is -2.33. The molecule has 0 radical (unpaired) electrons. The molecule has 0 unspecified atom stereocenters. The van der Waals surface area contributed by atoms with Crippen LogP contribution in [0.1, 0.15) is 36.1 Å². The summed E-state index contributed by atoms with van der Waals surface area (Å²) in [6.07, 6.45) is 7.74. The van der Waals surface area contributed by atoms with Crippen molar-refractivity contribution in [3.63, 3.8) is 0 Å². The van der Waals surface area contributed by atoms with Crippen molar-refractivity contribution in [1.29, 1.82) is 0 Å². The maximum Gasteiger partial charge on any atom is 0.229 e. The molecular formula is C89H110Cl4N20O8P4. The van der Waals surface area contributed by atoms with Gasteiger partial charge in [-0.25, -0.2) is 19.9 Å². The Labute approximate surface area is 753 Å². The summed E-state index contributed by atoms with van der Waals surface area (Å²) >= 11 is 25.3. The van der Waals surface area contributed by atoms with Crippen LogP contribution >= 0.6 is 75.0 Å². The highest BCUT2D eigenvalue weighted by atomic mass is 35.5. The molecule has 0 aliphatic rings. The summed E-state index contributed by atoms with van der Waals surface area (Å²) in [5, 5.41) is 33.0. The summed E-state index contributed by atoms with van der Waals surface area (Å²) < 4.78 is 72.8. The number of likely N-dealkylation sites (N-methyl/N-ethyl adjacent to an activating group) is 1. The number of rotatable bonds is 33. The van der Waals surface area contributed by atoms with Crippen LogP contribution in [-0.2, 0) is 43.2 Å². The maximum atomic E-state index is 12.7. The number of anilines is 16. The van der Waals surface area contributed by atoms with Crippen LogP contribution in [-0.4, -0.2) is 180 Å². The third-order valence-corrected chi connectivity index (χ3v) is 26.6. The molecule has 0 aliphatic heterocycles. The van der Waals surface area contributed by atoms with Crippen LogP contribution in [0.2, 0.25) is 20.1 Å². The molecule has 11 N–H and O–H groups in total. The third-order valence-electron chi connectivity index (χ3n) is 19.3. The molecule has 0 atom stereocenters. The highest BCUT2D eigenvalue weighted by Gasteiger charge is 2.27. The maximum absolute atomic E-state index is 12.7. The lowest BCUT2D eigenvalue weighted by atomic mass is 9.92. The Balaban J connectivity index is 0.000000189.